The van der Waals surface area contributed by atoms with Crippen LogP contribution >= 0.6 is 24.0 Å². The maximum Gasteiger partial charge on any atom is 0.191 e. The Morgan fingerprint density at radius 3 is 2.36 bits per heavy atom. The molecular formula is C17H30IN3O. The summed E-state index contributed by atoms with van der Waals surface area (Å²) in [7, 11) is 1.80. The van der Waals surface area contributed by atoms with E-state index in [1.807, 2.05) is 13.0 Å². The molecule has 22 heavy (non-hydrogen) atoms. The van der Waals surface area contributed by atoms with Crippen LogP contribution in [0.5, 0.6) is 0 Å². The van der Waals surface area contributed by atoms with Gasteiger partial charge in [0.2, 0.25) is 0 Å². The highest BCUT2D eigenvalue weighted by atomic mass is 127. The second-order valence-electron chi connectivity index (χ2n) is 5.51. The van der Waals surface area contributed by atoms with Gasteiger partial charge in [0.05, 0.1) is 6.61 Å². The van der Waals surface area contributed by atoms with Crippen molar-refractivity contribution in [2.75, 3.05) is 13.7 Å². The highest BCUT2D eigenvalue weighted by molar-refractivity contribution is 14.0. The Bertz CT molecular complexity index is 449. The summed E-state index contributed by atoms with van der Waals surface area (Å²) in [4.78, 5) is 4.28. The first kappa shape index (κ1) is 21.2. The minimum atomic E-state index is 0. The summed E-state index contributed by atoms with van der Waals surface area (Å²) in [5.74, 6) is 1.40. The van der Waals surface area contributed by atoms with Crippen LogP contribution in [-0.2, 0) is 17.9 Å². The van der Waals surface area contributed by atoms with E-state index in [0.717, 1.165) is 19.1 Å². The van der Waals surface area contributed by atoms with E-state index in [1.165, 1.54) is 11.1 Å². The van der Waals surface area contributed by atoms with Gasteiger partial charge >= 0.3 is 0 Å². The van der Waals surface area contributed by atoms with Crippen LogP contribution in [0.3, 0.4) is 0 Å². The van der Waals surface area contributed by atoms with E-state index in [2.05, 4.69) is 54.6 Å². The summed E-state index contributed by atoms with van der Waals surface area (Å²) in [6.07, 6.45) is 0. The summed E-state index contributed by atoms with van der Waals surface area (Å²) in [5, 5.41) is 6.78. The average molecular weight is 419 g/mol. The highest BCUT2D eigenvalue weighted by Gasteiger charge is 2.09. The third-order valence-corrected chi connectivity index (χ3v) is 3.61. The fourth-order valence-electron chi connectivity index (χ4n) is 1.84. The number of benzene rings is 1. The lowest BCUT2D eigenvalue weighted by Gasteiger charge is -2.21. The molecule has 0 bridgehead atoms. The van der Waals surface area contributed by atoms with E-state index < -0.39 is 0 Å². The predicted molar refractivity (Wildman–Crippen MR) is 105 cm³/mol. The molecule has 1 aromatic rings. The van der Waals surface area contributed by atoms with Crippen molar-refractivity contribution in [3.05, 3.63) is 35.4 Å². The third kappa shape index (κ3) is 7.45. The van der Waals surface area contributed by atoms with E-state index in [9.17, 15) is 0 Å². The summed E-state index contributed by atoms with van der Waals surface area (Å²) in [6.45, 7) is 10.7. The third-order valence-electron chi connectivity index (χ3n) is 3.61. The number of nitrogens with one attached hydrogen (secondary N) is 2. The Labute approximate surface area is 152 Å². The number of hydrogen-bond acceptors (Lipinski definition) is 2. The van der Waals surface area contributed by atoms with Gasteiger partial charge in [0.1, 0.15) is 0 Å². The van der Waals surface area contributed by atoms with Gasteiger partial charge < -0.3 is 15.4 Å². The van der Waals surface area contributed by atoms with E-state index in [1.54, 1.807) is 7.05 Å². The molecule has 1 rings (SSSR count). The van der Waals surface area contributed by atoms with Crippen molar-refractivity contribution in [1.82, 2.24) is 10.6 Å². The van der Waals surface area contributed by atoms with Crippen LogP contribution in [0.4, 0.5) is 0 Å². The summed E-state index contributed by atoms with van der Waals surface area (Å²) < 4.78 is 5.52. The molecule has 1 atom stereocenters. The number of aliphatic imine (C=N–C) groups is 1. The van der Waals surface area contributed by atoms with Crippen molar-refractivity contribution in [2.45, 2.75) is 46.9 Å². The van der Waals surface area contributed by atoms with Crippen molar-refractivity contribution in [1.29, 1.82) is 0 Å². The molecule has 0 spiro atoms. The van der Waals surface area contributed by atoms with Gasteiger partial charge in [-0.25, -0.2) is 0 Å². The second-order valence-corrected chi connectivity index (χ2v) is 5.51. The second kappa shape index (κ2) is 11.7. The van der Waals surface area contributed by atoms with Gasteiger partial charge in [-0.15, -0.1) is 24.0 Å². The Balaban J connectivity index is 0.00000441. The topological polar surface area (TPSA) is 45.6 Å². The Kier molecular flexibility index (Phi) is 11.3. The molecule has 0 fully saturated rings. The fraction of sp³-hybridized carbons (Fsp3) is 0.588. The van der Waals surface area contributed by atoms with Gasteiger partial charge in [-0.05, 0) is 30.9 Å². The van der Waals surface area contributed by atoms with Crippen molar-refractivity contribution in [3.8, 4) is 0 Å². The van der Waals surface area contributed by atoms with E-state index >= 15 is 0 Å². The monoisotopic (exact) mass is 419 g/mol. The molecule has 0 saturated carbocycles. The number of rotatable bonds is 7. The SMILES string of the molecule is CCOCc1ccccc1CNC(=NC)NC(C)C(C)C.I. The van der Waals surface area contributed by atoms with Gasteiger partial charge in [-0.1, -0.05) is 38.1 Å². The highest BCUT2D eigenvalue weighted by Crippen LogP contribution is 2.10. The van der Waals surface area contributed by atoms with E-state index in [0.29, 0.717) is 18.6 Å². The lowest BCUT2D eigenvalue weighted by molar-refractivity contribution is 0.133. The maximum absolute atomic E-state index is 5.52. The summed E-state index contributed by atoms with van der Waals surface area (Å²) >= 11 is 0. The first-order valence-corrected chi connectivity index (χ1v) is 7.70. The largest absolute Gasteiger partial charge is 0.377 e. The van der Waals surface area contributed by atoms with Crippen molar-refractivity contribution in [3.63, 3.8) is 0 Å². The fourth-order valence-corrected chi connectivity index (χ4v) is 1.84. The van der Waals surface area contributed by atoms with E-state index in [4.69, 9.17) is 4.74 Å². The van der Waals surface area contributed by atoms with Crippen LogP contribution in [0.25, 0.3) is 0 Å². The van der Waals surface area contributed by atoms with Crippen LogP contribution in [0.1, 0.15) is 38.8 Å². The van der Waals surface area contributed by atoms with Crippen LogP contribution in [0.2, 0.25) is 0 Å². The number of ether oxygens (including phenoxy) is 1. The van der Waals surface area contributed by atoms with Crippen molar-refractivity contribution < 1.29 is 4.74 Å². The molecule has 0 amide bonds. The molecule has 0 saturated heterocycles. The first-order chi connectivity index (χ1) is 10.1. The van der Waals surface area contributed by atoms with E-state index in [-0.39, 0.29) is 24.0 Å². The maximum atomic E-state index is 5.52. The lowest BCUT2D eigenvalue weighted by Crippen LogP contribution is -2.44. The van der Waals surface area contributed by atoms with Gasteiger partial charge in [0.15, 0.2) is 5.96 Å². The number of guanidine groups is 1. The molecule has 0 aliphatic heterocycles. The smallest absolute Gasteiger partial charge is 0.191 e. The van der Waals surface area contributed by atoms with Gasteiger partial charge in [-0.2, -0.15) is 0 Å². The van der Waals surface area contributed by atoms with Gasteiger partial charge in [-0.3, -0.25) is 4.99 Å². The van der Waals surface area contributed by atoms with Crippen molar-refractivity contribution in [2.24, 2.45) is 10.9 Å². The number of hydrogen-bond donors (Lipinski definition) is 2. The van der Waals surface area contributed by atoms with Crippen LogP contribution in [0, 0.1) is 5.92 Å². The quantitative estimate of drug-likeness (QED) is 0.404. The molecule has 2 N–H and O–H groups in total. The lowest BCUT2D eigenvalue weighted by atomic mass is 10.1. The molecular weight excluding hydrogens is 389 g/mol. The summed E-state index contributed by atoms with van der Waals surface area (Å²) in [5.41, 5.74) is 2.46. The molecule has 0 aromatic heterocycles. The molecule has 1 aromatic carbocycles. The zero-order valence-corrected chi connectivity index (χ0v) is 16.7. The van der Waals surface area contributed by atoms with Crippen LogP contribution in [-0.4, -0.2) is 25.7 Å². The Morgan fingerprint density at radius 1 is 1.18 bits per heavy atom. The molecule has 4 nitrogen and oxygen atoms in total. The van der Waals surface area contributed by atoms with Crippen LogP contribution < -0.4 is 10.6 Å². The Morgan fingerprint density at radius 2 is 1.82 bits per heavy atom. The summed E-state index contributed by atoms with van der Waals surface area (Å²) in [6, 6.07) is 8.72. The first-order valence-electron chi connectivity index (χ1n) is 7.70. The molecule has 0 heterocycles. The van der Waals surface area contributed by atoms with Gasteiger partial charge in [0, 0.05) is 26.2 Å². The molecule has 0 aliphatic rings. The number of halogens is 1. The predicted octanol–water partition coefficient (Wildman–Crippen LogP) is 3.55. The molecule has 0 aliphatic carbocycles. The minimum absolute atomic E-state index is 0. The minimum Gasteiger partial charge on any atom is -0.377 e. The molecule has 126 valence electrons. The van der Waals surface area contributed by atoms with Gasteiger partial charge in [0.25, 0.3) is 0 Å². The zero-order chi connectivity index (χ0) is 15.7. The average Bonchev–Trinajstić information content (AvgIpc) is 2.49. The molecule has 1 unspecified atom stereocenters. The molecule has 0 radical (unpaired) electrons. The Hall–Kier alpha value is -0.820. The van der Waals surface area contributed by atoms with Crippen molar-refractivity contribution >= 4 is 29.9 Å². The standard InChI is InChI=1S/C17H29N3O.HI/c1-6-21-12-16-10-8-7-9-15(16)11-19-17(18-5)20-14(4)13(2)3;/h7-10,13-14H,6,11-12H2,1-5H3,(H2,18,19,20);1H. The normalized spacial score (nSPS) is 12.7. The zero-order valence-electron chi connectivity index (χ0n) is 14.3. The van der Waals surface area contributed by atoms with Crippen LogP contribution in [0.15, 0.2) is 29.3 Å². The number of nitrogens with zero attached hydrogens (tertiary/aromatic N) is 1. The molecule has 5 heteroatoms.